The molecule has 6 heteroatoms. The summed E-state index contributed by atoms with van der Waals surface area (Å²) in [6.07, 6.45) is 1.83. The number of carbonyl (C=O) groups excluding carboxylic acids is 2. The number of nitrogens with zero attached hydrogens (tertiary/aromatic N) is 2. The van der Waals surface area contributed by atoms with Crippen molar-refractivity contribution in [2.45, 2.75) is 26.4 Å². The first-order valence-corrected chi connectivity index (χ1v) is 9.76. The number of aromatic nitrogens is 1. The van der Waals surface area contributed by atoms with Crippen LogP contribution in [0.3, 0.4) is 0 Å². The van der Waals surface area contributed by atoms with Gasteiger partial charge >= 0.3 is 0 Å². The van der Waals surface area contributed by atoms with Crippen molar-refractivity contribution in [1.29, 1.82) is 0 Å². The van der Waals surface area contributed by atoms with E-state index >= 15 is 0 Å². The lowest BCUT2D eigenvalue weighted by Crippen LogP contribution is -2.58. The summed E-state index contributed by atoms with van der Waals surface area (Å²) in [7, 11) is 0. The number of anilines is 2. The molecule has 0 saturated carbocycles. The second-order valence-corrected chi connectivity index (χ2v) is 7.62. The van der Waals surface area contributed by atoms with Crippen LogP contribution in [0.15, 0.2) is 66.9 Å². The van der Waals surface area contributed by atoms with Gasteiger partial charge in [-0.25, -0.2) is 0 Å². The van der Waals surface area contributed by atoms with Crippen molar-refractivity contribution in [3.8, 4) is 0 Å². The van der Waals surface area contributed by atoms with E-state index < -0.39 is 6.04 Å². The van der Waals surface area contributed by atoms with E-state index in [0.717, 1.165) is 16.8 Å². The van der Waals surface area contributed by atoms with Crippen LogP contribution in [0.4, 0.5) is 11.4 Å². The quantitative estimate of drug-likeness (QED) is 0.669. The number of pyridine rings is 1. The molecule has 29 heavy (non-hydrogen) atoms. The summed E-state index contributed by atoms with van der Waals surface area (Å²) in [5, 5.41) is 3.51. The minimum Gasteiger partial charge on any atom is -0.324 e. The Morgan fingerprint density at radius 1 is 1.07 bits per heavy atom. The second-order valence-electron chi connectivity index (χ2n) is 7.18. The van der Waals surface area contributed by atoms with E-state index in [1.807, 2.05) is 61.0 Å². The Morgan fingerprint density at radius 3 is 2.55 bits per heavy atom. The fraction of sp³-hybridized carbons (Fsp3) is 0.174. The third-order valence-electron chi connectivity index (χ3n) is 5.22. The summed E-state index contributed by atoms with van der Waals surface area (Å²) in [6.45, 7) is 4.21. The van der Waals surface area contributed by atoms with Crippen LogP contribution < -0.4 is 14.8 Å². The summed E-state index contributed by atoms with van der Waals surface area (Å²) in [6, 6.07) is 17.6. The van der Waals surface area contributed by atoms with Gasteiger partial charge in [0.15, 0.2) is 6.20 Å². The predicted octanol–water partition coefficient (Wildman–Crippen LogP) is 3.97. The standard InChI is InChI=1S/C23H20ClN3O2/c1-15-6-11-19(13-16(15)2)27-21(28)14-26-12-4-3-5-20(26)22(27)23(29)25-18-9-7-17(24)8-10-18/h3-13,22H,14H2,1-2H3/p+1/t22-/m0/s1. The Balaban J connectivity index is 1.78. The number of amides is 2. The summed E-state index contributed by atoms with van der Waals surface area (Å²) < 4.78 is 1.83. The molecule has 1 aliphatic heterocycles. The Labute approximate surface area is 174 Å². The molecule has 5 nitrogen and oxygen atoms in total. The van der Waals surface area contributed by atoms with Crippen molar-refractivity contribution in [3.05, 3.63) is 88.7 Å². The van der Waals surface area contributed by atoms with Gasteiger partial charge in [-0.1, -0.05) is 23.7 Å². The molecule has 0 spiro atoms. The molecule has 1 aromatic heterocycles. The van der Waals surface area contributed by atoms with Crippen LogP contribution in [-0.4, -0.2) is 11.8 Å². The smallest absolute Gasteiger partial charge is 0.294 e. The van der Waals surface area contributed by atoms with Gasteiger partial charge in [0, 0.05) is 28.5 Å². The third-order valence-corrected chi connectivity index (χ3v) is 5.47. The zero-order chi connectivity index (χ0) is 20.5. The Kier molecular flexibility index (Phi) is 5.07. The minimum atomic E-state index is -0.782. The first-order valence-electron chi connectivity index (χ1n) is 9.38. The molecular formula is C23H21ClN3O2+. The number of nitrogens with one attached hydrogen (secondary N) is 1. The van der Waals surface area contributed by atoms with E-state index in [9.17, 15) is 9.59 Å². The molecule has 1 atom stereocenters. The Bertz CT molecular complexity index is 1100. The highest BCUT2D eigenvalue weighted by atomic mass is 35.5. The van der Waals surface area contributed by atoms with Crippen molar-refractivity contribution >= 4 is 34.8 Å². The summed E-state index contributed by atoms with van der Waals surface area (Å²) in [5.41, 5.74) is 4.30. The number of rotatable bonds is 3. The van der Waals surface area contributed by atoms with Crippen LogP contribution in [0.1, 0.15) is 22.9 Å². The average molecular weight is 407 g/mol. The molecule has 2 heterocycles. The first kappa shape index (κ1) is 19.2. The highest BCUT2D eigenvalue weighted by molar-refractivity contribution is 6.30. The van der Waals surface area contributed by atoms with E-state index in [1.165, 1.54) is 0 Å². The van der Waals surface area contributed by atoms with E-state index in [-0.39, 0.29) is 18.4 Å². The van der Waals surface area contributed by atoms with Crippen LogP contribution in [0.2, 0.25) is 5.02 Å². The van der Waals surface area contributed by atoms with Gasteiger partial charge in [-0.15, -0.1) is 0 Å². The monoisotopic (exact) mass is 406 g/mol. The molecule has 0 aliphatic carbocycles. The number of hydrogen-bond acceptors (Lipinski definition) is 2. The predicted molar refractivity (Wildman–Crippen MR) is 113 cm³/mol. The molecule has 2 amide bonds. The van der Waals surface area contributed by atoms with Gasteiger partial charge in [0.05, 0.1) is 0 Å². The lowest BCUT2D eigenvalue weighted by Gasteiger charge is -2.32. The van der Waals surface area contributed by atoms with E-state index in [0.29, 0.717) is 16.4 Å². The van der Waals surface area contributed by atoms with Crippen molar-refractivity contribution in [1.82, 2.24) is 0 Å². The van der Waals surface area contributed by atoms with Crippen molar-refractivity contribution in [3.63, 3.8) is 0 Å². The molecule has 2 aromatic carbocycles. The minimum absolute atomic E-state index is 0.131. The number of carbonyl (C=O) groups is 2. The van der Waals surface area contributed by atoms with Crippen LogP contribution in [0.5, 0.6) is 0 Å². The zero-order valence-electron chi connectivity index (χ0n) is 16.2. The molecule has 146 valence electrons. The third kappa shape index (κ3) is 3.74. The zero-order valence-corrected chi connectivity index (χ0v) is 17.0. The molecule has 3 aromatic rings. The van der Waals surface area contributed by atoms with Crippen LogP contribution in [0, 0.1) is 13.8 Å². The summed E-state index contributed by atoms with van der Waals surface area (Å²) in [4.78, 5) is 28.0. The second kappa shape index (κ2) is 7.68. The van der Waals surface area contributed by atoms with Gasteiger partial charge in [0.1, 0.15) is 0 Å². The SMILES string of the molecule is Cc1ccc(N2C(=O)C[n+]3ccccc3[C@H]2C(=O)Nc2ccc(Cl)cc2)cc1C. The lowest BCUT2D eigenvalue weighted by molar-refractivity contribution is -0.695. The number of halogens is 1. The highest BCUT2D eigenvalue weighted by Gasteiger charge is 2.43. The number of hydrogen-bond donors (Lipinski definition) is 1. The fourth-order valence-corrected chi connectivity index (χ4v) is 3.67. The van der Waals surface area contributed by atoms with Gasteiger partial charge in [0.2, 0.25) is 18.3 Å². The van der Waals surface area contributed by atoms with Gasteiger partial charge in [-0.2, -0.15) is 4.57 Å². The summed E-state index contributed by atoms with van der Waals surface area (Å²) in [5.74, 6) is -0.410. The molecule has 1 aliphatic rings. The van der Waals surface area contributed by atoms with Gasteiger partial charge in [0.25, 0.3) is 11.8 Å². The van der Waals surface area contributed by atoms with Gasteiger partial charge in [-0.3, -0.25) is 14.5 Å². The molecule has 4 rings (SSSR count). The largest absolute Gasteiger partial charge is 0.324 e. The van der Waals surface area contributed by atoms with E-state index in [2.05, 4.69) is 5.32 Å². The van der Waals surface area contributed by atoms with Crippen LogP contribution >= 0.6 is 11.6 Å². The van der Waals surface area contributed by atoms with Gasteiger partial charge in [-0.05, 0) is 61.4 Å². The van der Waals surface area contributed by atoms with Crippen LogP contribution in [-0.2, 0) is 16.1 Å². The van der Waals surface area contributed by atoms with Gasteiger partial charge < -0.3 is 5.32 Å². The maximum atomic E-state index is 13.3. The maximum Gasteiger partial charge on any atom is 0.294 e. The molecule has 0 fully saturated rings. The van der Waals surface area contributed by atoms with E-state index in [1.54, 1.807) is 29.2 Å². The van der Waals surface area contributed by atoms with Crippen molar-refractivity contribution < 1.29 is 14.2 Å². The number of benzene rings is 2. The molecule has 0 radical (unpaired) electrons. The van der Waals surface area contributed by atoms with E-state index in [4.69, 9.17) is 11.6 Å². The lowest BCUT2D eigenvalue weighted by atomic mass is 10.0. The molecular weight excluding hydrogens is 386 g/mol. The Hall–Kier alpha value is -3.18. The highest BCUT2D eigenvalue weighted by Crippen LogP contribution is 2.31. The normalized spacial score (nSPS) is 15.8. The van der Waals surface area contributed by atoms with Crippen molar-refractivity contribution in [2.24, 2.45) is 0 Å². The molecule has 1 N–H and O–H groups in total. The molecule has 0 saturated heterocycles. The van der Waals surface area contributed by atoms with Crippen LogP contribution in [0.25, 0.3) is 0 Å². The fourth-order valence-electron chi connectivity index (χ4n) is 3.54. The summed E-state index contributed by atoms with van der Waals surface area (Å²) >= 11 is 5.94. The maximum absolute atomic E-state index is 13.3. The number of fused-ring (bicyclic) bond motifs is 1. The first-order chi connectivity index (χ1) is 13.9. The molecule has 0 unspecified atom stereocenters. The molecule has 0 bridgehead atoms. The topological polar surface area (TPSA) is 53.3 Å². The number of aryl methyl sites for hydroxylation is 2. The average Bonchev–Trinajstić information content (AvgIpc) is 2.71. The van der Waals surface area contributed by atoms with Crippen molar-refractivity contribution in [2.75, 3.05) is 10.2 Å². The Morgan fingerprint density at radius 2 is 1.83 bits per heavy atom.